The summed E-state index contributed by atoms with van der Waals surface area (Å²) in [4.78, 5) is 33.8. The number of imide groups is 1. The Kier molecular flexibility index (Phi) is 3.06. The SMILES string of the molecule is CCC(CN1C(=O)CNC1=O)C(=O)O. The van der Waals surface area contributed by atoms with Crippen molar-refractivity contribution in [3.05, 3.63) is 0 Å². The molecule has 0 radical (unpaired) electrons. The first-order chi connectivity index (χ1) is 6.56. The summed E-state index contributed by atoms with van der Waals surface area (Å²) in [6, 6.07) is -0.505. The highest BCUT2D eigenvalue weighted by Gasteiger charge is 2.32. The Morgan fingerprint density at radius 1 is 1.64 bits per heavy atom. The molecule has 6 nitrogen and oxygen atoms in total. The summed E-state index contributed by atoms with van der Waals surface area (Å²) in [5.41, 5.74) is 0. The highest BCUT2D eigenvalue weighted by Crippen LogP contribution is 2.08. The van der Waals surface area contributed by atoms with Crippen LogP contribution in [0, 0.1) is 5.92 Å². The average molecular weight is 200 g/mol. The van der Waals surface area contributed by atoms with Gasteiger partial charge in [0.25, 0.3) is 0 Å². The van der Waals surface area contributed by atoms with Crippen molar-refractivity contribution in [1.82, 2.24) is 10.2 Å². The number of carbonyl (C=O) groups excluding carboxylic acids is 2. The van der Waals surface area contributed by atoms with E-state index in [4.69, 9.17) is 5.11 Å². The number of urea groups is 1. The van der Waals surface area contributed by atoms with E-state index in [-0.39, 0.29) is 19.0 Å². The molecule has 1 aliphatic rings. The molecule has 0 aromatic carbocycles. The number of aliphatic carboxylic acids is 1. The van der Waals surface area contributed by atoms with Crippen molar-refractivity contribution in [1.29, 1.82) is 0 Å². The van der Waals surface area contributed by atoms with Gasteiger partial charge in [0.05, 0.1) is 12.5 Å². The molecule has 1 fully saturated rings. The van der Waals surface area contributed by atoms with Gasteiger partial charge >= 0.3 is 12.0 Å². The molecule has 1 saturated heterocycles. The van der Waals surface area contributed by atoms with E-state index in [1.54, 1.807) is 6.92 Å². The summed E-state index contributed by atoms with van der Waals surface area (Å²) >= 11 is 0. The van der Waals surface area contributed by atoms with Crippen molar-refractivity contribution < 1.29 is 19.5 Å². The Labute approximate surface area is 80.9 Å². The monoisotopic (exact) mass is 200 g/mol. The van der Waals surface area contributed by atoms with E-state index < -0.39 is 17.9 Å². The molecule has 0 bridgehead atoms. The van der Waals surface area contributed by atoms with Crippen molar-refractivity contribution in [2.75, 3.05) is 13.1 Å². The molecule has 2 N–H and O–H groups in total. The van der Waals surface area contributed by atoms with Crippen LogP contribution in [0.15, 0.2) is 0 Å². The Morgan fingerprint density at radius 3 is 2.64 bits per heavy atom. The van der Waals surface area contributed by atoms with Crippen LogP contribution in [0.1, 0.15) is 13.3 Å². The summed E-state index contributed by atoms with van der Waals surface area (Å²) in [7, 11) is 0. The van der Waals surface area contributed by atoms with Gasteiger partial charge in [0.15, 0.2) is 0 Å². The molecule has 0 aliphatic carbocycles. The lowest BCUT2D eigenvalue weighted by Crippen LogP contribution is -2.37. The Balaban J connectivity index is 2.61. The lowest BCUT2D eigenvalue weighted by molar-refractivity contribution is -0.142. The normalized spacial score (nSPS) is 18.2. The van der Waals surface area contributed by atoms with Crippen LogP contribution in [0.4, 0.5) is 4.79 Å². The predicted octanol–water partition coefficient (Wildman–Crippen LogP) is -0.351. The molecular weight excluding hydrogens is 188 g/mol. The summed E-state index contributed by atoms with van der Waals surface area (Å²) in [6.07, 6.45) is 0.395. The van der Waals surface area contributed by atoms with Gasteiger partial charge in [0.2, 0.25) is 5.91 Å². The van der Waals surface area contributed by atoms with E-state index in [1.165, 1.54) is 0 Å². The zero-order valence-electron chi connectivity index (χ0n) is 7.82. The molecule has 0 spiro atoms. The first-order valence-corrected chi connectivity index (χ1v) is 4.37. The lowest BCUT2D eigenvalue weighted by atomic mass is 10.1. The second kappa shape index (κ2) is 4.08. The molecule has 1 heterocycles. The van der Waals surface area contributed by atoms with Gasteiger partial charge < -0.3 is 10.4 Å². The molecule has 1 rings (SSSR count). The van der Waals surface area contributed by atoms with Crippen molar-refractivity contribution >= 4 is 17.9 Å². The van der Waals surface area contributed by atoms with Crippen LogP contribution in [0.2, 0.25) is 0 Å². The van der Waals surface area contributed by atoms with E-state index in [0.29, 0.717) is 6.42 Å². The fourth-order valence-corrected chi connectivity index (χ4v) is 1.24. The fourth-order valence-electron chi connectivity index (χ4n) is 1.24. The second-order valence-corrected chi connectivity index (χ2v) is 3.11. The number of carboxylic acids is 1. The van der Waals surface area contributed by atoms with Gasteiger partial charge in [-0.15, -0.1) is 0 Å². The van der Waals surface area contributed by atoms with Crippen LogP contribution >= 0.6 is 0 Å². The van der Waals surface area contributed by atoms with Crippen LogP contribution in [-0.2, 0) is 9.59 Å². The molecule has 1 atom stereocenters. The maximum absolute atomic E-state index is 11.1. The zero-order valence-corrected chi connectivity index (χ0v) is 7.82. The summed E-state index contributed by atoms with van der Waals surface area (Å²) in [6.45, 7) is 1.63. The van der Waals surface area contributed by atoms with E-state index in [9.17, 15) is 14.4 Å². The van der Waals surface area contributed by atoms with Crippen molar-refractivity contribution in [3.8, 4) is 0 Å². The third kappa shape index (κ3) is 2.01. The topological polar surface area (TPSA) is 86.7 Å². The van der Waals surface area contributed by atoms with Crippen molar-refractivity contribution in [2.24, 2.45) is 5.92 Å². The molecule has 78 valence electrons. The van der Waals surface area contributed by atoms with Crippen LogP contribution in [-0.4, -0.2) is 41.0 Å². The Morgan fingerprint density at radius 2 is 2.29 bits per heavy atom. The maximum atomic E-state index is 11.1. The van der Waals surface area contributed by atoms with Gasteiger partial charge in [-0.05, 0) is 6.42 Å². The largest absolute Gasteiger partial charge is 0.481 e. The average Bonchev–Trinajstić information content (AvgIpc) is 2.43. The third-order valence-corrected chi connectivity index (χ3v) is 2.18. The summed E-state index contributed by atoms with van der Waals surface area (Å²) in [5.74, 6) is -2.03. The molecule has 6 heteroatoms. The predicted molar refractivity (Wildman–Crippen MR) is 46.5 cm³/mol. The van der Waals surface area contributed by atoms with Gasteiger partial charge in [-0.25, -0.2) is 4.79 Å². The van der Waals surface area contributed by atoms with E-state index in [0.717, 1.165) is 4.90 Å². The van der Waals surface area contributed by atoms with Crippen LogP contribution in [0.3, 0.4) is 0 Å². The Bertz CT molecular complexity index is 261. The zero-order chi connectivity index (χ0) is 10.7. The molecule has 14 heavy (non-hydrogen) atoms. The Hall–Kier alpha value is -1.59. The number of nitrogens with one attached hydrogen (secondary N) is 1. The number of hydrogen-bond acceptors (Lipinski definition) is 3. The minimum Gasteiger partial charge on any atom is -0.481 e. The molecule has 1 aliphatic heterocycles. The van der Waals surface area contributed by atoms with E-state index in [2.05, 4.69) is 5.32 Å². The summed E-state index contributed by atoms with van der Waals surface area (Å²) < 4.78 is 0. The van der Waals surface area contributed by atoms with Crippen LogP contribution in [0.25, 0.3) is 0 Å². The lowest BCUT2D eigenvalue weighted by Gasteiger charge is -2.16. The van der Waals surface area contributed by atoms with Gasteiger partial charge in [-0.2, -0.15) is 0 Å². The molecule has 3 amide bonds. The number of amides is 3. The first kappa shape index (κ1) is 10.5. The number of carbonyl (C=O) groups is 3. The third-order valence-electron chi connectivity index (χ3n) is 2.18. The highest BCUT2D eigenvalue weighted by molar-refractivity contribution is 6.02. The molecule has 0 saturated carbocycles. The molecule has 1 unspecified atom stereocenters. The highest BCUT2D eigenvalue weighted by atomic mass is 16.4. The number of hydrogen-bond donors (Lipinski definition) is 2. The van der Waals surface area contributed by atoms with Crippen LogP contribution in [0.5, 0.6) is 0 Å². The van der Waals surface area contributed by atoms with E-state index in [1.807, 2.05) is 0 Å². The standard InChI is InChI=1S/C8H12N2O4/c1-2-5(7(12)13)4-10-6(11)3-9-8(10)14/h5H,2-4H2,1H3,(H,9,14)(H,12,13). The van der Waals surface area contributed by atoms with Gasteiger partial charge in [0, 0.05) is 6.54 Å². The van der Waals surface area contributed by atoms with Crippen molar-refractivity contribution in [2.45, 2.75) is 13.3 Å². The van der Waals surface area contributed by atoms with Gasteiger partial charge in [-0.3, -0.25) is 14.5 Å². The van der Waals surface area contributed by atoms with Crippen LogP contribution < -0.4 is 5.32 Å². The molecular formula is C8H12N2O4. The first-order valence-electron chi connectivity index (χ1n) is 4.37. The molecule has 0 aromatic heterocycles. The quantitative estimate of drug-likeness (QED) is 0.607. The van der Waals surface area contributed by atoms with E-state index >= 15 is 0 Å². The molecule has 0 aromatic rings. The second-order valence-electron chi connectivity index (χ2n) is 3.11. The number of carboxylic acid groups (broad SMARTS) is 1. The number of nitrogens with zero attached hydrogens (tertiary/aromatic N) is 1. The fraction of sp³-hybridized carbons (Fsp3) is 0.625. The summed E-state index contributed by atoms with van der Waals surface area (Å²) in [5, 5.41) is 11.1. The minimum atomic E-state index is -0.986. The maximum Gasteiger partial charge on any atom is 0.324 e. The van der Waals surface area contributed by atoms with Crippen molar-refractivity contribution in [3.63, 3.8) is 0 Å². The minimum absolute atomic E-state index is 0.0329. The number of rotatable bonds is 4. The van der Waals surface area contributed by atoms with Gasteiger partial charge in [-0.1, -0.05) is 6.92 Å². The smallest absolute Gasteiger partial charge is 0.324 e. The van der Waals surface area contributed by atoms with Gasteiger partial charge in [0.1, 0.15) is 0 Å².